The Labute approximate surface area is 74.8 Å². The van der Waals surface area contributed by atoms with Crippen LogP contribution < -0.4 is 11.5 Å². The maximum atomic E-state index is 12.9. The number of halogens is 1. The van der Waals surface area contributed by atoms with Crippen molar-refractivity contribution in [3.63, 3.8) is 0 Å². The van der Waals surface area contributed by atoms with E-state index in [1.165, 1.54) is 12.3 Å². The highest BCUT2D eigenvalue weighted by Crippen LogP contribution is 2.02. The monoisotopic (exact) mass is 180 g/mol. The summed E-state index contributed by atoms with van der Waals surface area (Å²) in [6, 6.07) is 6.19. The molecule has 4 nitrogen and oxygen atoms in total. The molecule has 0 saturated carbocycles. The second kappa shape index (κ2) is 4.20. The van der Waals surface area contributed by atoms with Crippen molar-refractivity contribution in [2.75, 3.05) is 0 Å². The van der Waals surface area contributed by atoms with Gasteiger partial charge in [-0.1, -0.05) is 18.2 Å². The average molecular weight is 180 g/mol. The highest BCUT2D eigenvalue weighted by Gasteiger charge is 1.94. The Bertz CT molecular complexity index is 342. The average Bonchev–Trinajstić information content (AvgIpc) is 2.08. The summed E-state index contributed by atoms with van der Waals surface area (Å²) in [5, 5.41) is 6.81. The van der Waals surface area contributed by atoms with E-state index in [1.807, 2.05) is 0 Å². The summed E-state index contributed by atoms with van der Waals surface area (Å²) in [5.41, 5.74) is 10.4. The van der Waals surface area contributed by atoms with Gasteiger partial charge >= 0.3 is 0 Å². The molecular weight excluding hydrogens is 171 g/mol. The van der Waals surface area contributed by atoms with Crippen LogP contribution in [0.2, 0.25) is 0 Å². The van der Waals surface area contributed by atoms with Gasteiger partial charge in [-0.2, -0.15) is 5.10 Å². The van der Waals surface area contributed by atoms with Crippen LogP contribution in [-0.2, 0) is 0 Å². The summed E-state index contributed by atoms with van der Waals surface area (Å²) < 4.78 is 12.9. The number of rotatable bonds is 2. The largest absolute Gasteiger partial charge is 0.369 e. The zero-order valence-corrected chi connectivity index (χ0v) is 6.81. The van der Waals surface area contributed by atoms with Crippen molar-refractivity contribution in [3.05, 3.63) is 35.6 Å². The second-order valence-corrected chi connectivity index (χ2v) is 2.29. The van der Waals surface area contributed by atoms with E-state index in [0.717, 1.165) is 0 Å². The minimum absolute atomic E-state index is 0.160. The van der Waals surface area contributed by atoms with Crippen LogP contribution in [0.15, 0.2) is 34.5 Å². The molecule has 68 valence electrons. The fraction of sp³-hybridized carbons (Fsp3) is 0. The van der Waals surface area contributed by atoms with Crippen molar-refractivity contribution < 1.29 is 4.39 Å². The Morgan fingerprint density at radius 2 is 2.00 bits per heavy atom. The predicted molar refractivity (Wildman–Crippen MR) is 49.8 cm³/mol. The molecule has 0 aliphatic rings. The Kier molecular flexibility index (Phi) is 2.97. The fourth-order valence-electron chi connectivity index (χ4n) is 0.738. The summed E-state index contributed by atoms with van der Waals surface area (Å²) in [6.45, 7) is 0. The fourth-order valence-corrected chi connectivity index (χ4v) is 0.738. The number of nitrogens with two attached hydrogens (primary N) is 2. The van der Waals surface area contributed by atoms with Gasteiger partial charge in [0.1, 0.15) is 5.82 Å². The van der Waals surface area contributed by atoms with Crippen LogP contribution in [0.3, 0.4) is 0 Å². The predicted octanol–water partition coefficient (Wildman–Crippen LogP) is 0.433. The van der Waals surface area contributed by atoms with Crippen LogP contribution in [0.25, 0.3) is 0 Å². The zero-order valence-electron chi connectivity index (χ0n) is 6.81. The quantitative estimate of drug-likeness (QED) is 0.393. The van der Waals surface area contributed by atoms with Crippen molar-refractivity contribution in [1.82, 2.24) is 0 Å². The molecule has 0 radical (unpaired) electrons. The van der Waals surface area contributed by atoms with Crippen molar-refractivity contribution in [2.45, 2.75) is 0 Å². The number of guanidine groups is 1. The third-order valence-corrected chi connectivity index (χ3v) is 1.28. The Balaban J connectivity index is 2.80. The van der Waals surface area contributed by atoms with Gasteiger partial charge in [0.25, 0.3) is 0 Å². The number of hydrogen-bond acceptors (Lipinski definition) is 2. The number of hydrogen-bond donors (Lipinski definition) is 2. The summed E-state index contributed by atoms with van der Waals surface area (Å²) in [6.07, 6.45) is 1.25. The van der Waals surface area contributed by atoms with Gasteiger partial charge in [0.05, 0.1) is 6.21 Å². The van der Waals surface area contributed by atoms with Gasteiger partial charge in [-0.3, -0.25) is 0 Å². The molecule has 0 fully saturated rings. The van der Waals surface area contributed by atoms with Crippen molar-refractivity contribution in [1.29, 1.82) is 0 Å². The van der Waals surface area contributed by atoms with Gasteiger partial charge in [-0.05, 0) is 6.07 Å². The first kappa shape index (κ1) is 9.18. The molecule has 1 rings (SSSR count). The highest BCUT2D eigenvalue weighted by atomic mass is 19.1. The summed E-state index contributed by atoms with van der Waals surface area (Å²) in [7, 11) is 0. The van der Waals surface area contributed by atoms with E-state index in [9.17, 15) is 4.39 Å². The zero-order chi connectivity index (χ0) is 9.68. The smallest absolute Gasteiger partial charge is 0.211 e. The normalized spacial score (nSPS) is 10.2. The lowest BCUT2D eigenvalue weighted by Crippen LogP contribution is -2.21. The maximum absolute atomic E-state index is 12.9. The van der Waals surface area contributed by atoms with Crippen molar-refractivity contribution in [2.24, 2.45) is 21.7 Å². The molecule has 4 N–H and O–H groups in total. The molecule has 5 heteroatoms. The summed E-state index contributed by atoms with van der Waals surface area (Å²) in [5.74, 6) is -0.523. The molecule has 0 bridgehead atoms. The first-order valence-corrected chi connectivity index (χ1v) is 3.56. The maximum Gasteiger partial charge on any atom is 0.211 e. The number of nitrogens with zero attached hydrogens (tertiary/aromatic N) is 2. The molecule has 0 amide bonds. The van der Waals surface area contributed by atoms with Crippen LogP contribution in [-0.4, -0.2) is 12.2 Å². The third-order valence-electron chi connectivity index (χ3n) is 1.28. The van der Waals surface area contributed by atoms with Gasteiger partial charge in [0.15, 0.2) is 0 Å². The van der Waals surface area contributed by atoms with Gasteiger partial charge in [-0.25, -0.2) is 4.39 Å². The number of benzene rings is 1. The second-order valence-electron chi connectivity index (χ2n) is 2.29. The van der Waals surface area contributed by atoms with E-state index in [-0.39, 0.29) is 11.8 Å². The Morgan fingerprint density at radius 3 is 2.62 bits per heavy atom. The lowest BCUT2D eigenvalue weighted by molar-refractivity contribution is 0.626. The van der Waals surface area contributed by atoms with Crippen LogP contribution in [0.1, 0.15) is 5.56 Å². The van der Waals surface area contributed by atoms with Gasteiger partial charge in [0, 0.05) is 5.56 Å². The van der Waals surface area contributed by atoms with E-state index in [2.05, 4.69) is 10.2 Å². The molecule has 1 aromatic rings. The molecule has 0 aliphatic carbocycles. The molecule has 0 aromatic heterocycles. The third kappa shape index (κ3) is 2.90. The van der Waals surface area contributed by atoms with Crippen molar-refractivity contribution >= 4 is 12.2 Å². The molecule has 0 unspecified atom stereocenters. The van der Waals surface area contributed by atoms with Gasteiger partial charge < -0.3 is 11.5 Å². The molecule has 0 atom stereocenters. The van der Waals surface area contributed by atoms with Crippen LogP contribution >= 0.6 is 0 Å². The molecule has 13 heavy (non-hydrogen) atoms. The lowest BCUT2D eigenvalue weighted by Gasteiger charge is -1.92. The molecule has 1 aromatic carbocycles. The Hall–Kier alpha value is -1.91. The highest BCUT2D eigenvalue weighted by molar-refractivity contribution is 5.81. The molecule has 0 aliphatic heterocycles. The first-order chi connectivity index (χ1) is 6.20. The molecule has 0 heterocycles. The van der Waals surface area contributed by atoms with E-state index < -0.39 is 0 Å². The van der Waals surface area contributed by atoms with Crippen LogP contribution in [0.5, 0.6) is 0 Å². The molecular formula is C8H9FN4. The van der Waals surface area contributed by atoms with Gasteiger partial charge in [0.2, 0.25) is 5.96 Å². The standard InChI is InChI=1S/C8H9FN4/c9-7-4-2-1-3-6(7)5-12-13-8(10)11/h1-5H,(H4,10,11,13)/b12-5-. The SMILES string of the molecule is NC(N)=N/N=C\c1ccccc1F. The van der Waals surface area contributed by atoms with Crippen LogP contribution in [0, 0.1) is 5.82 Å². The summed E-state index contributed by atoms with van der Waals surface area (Å²) in [4.78, 5) is 0. The lowest BCUT2D eigenvalue weighted by atomic mass is 10.2. The van der Waals surface area contributed by atoms with E-state index in [4.69, 9.17) is 11.5 Å². The minimum Gasteiger partial charge on any atom is -0.369 e. The van der Waals surface area contributed by atoms with E-state index in [1.54, 1.807) is 18.2 Å². The first-order valence-electron chi connectivity index (χ1n) is 3.56. The topological polar surface area (TPSA) is 76.8 Å². The minimum atomic E-state index is -0.364. The van der Waals surface area contributed by atoms with E-state index >= 15 is 0 Å². The van der Waals surface area contributed by atoms with Gasteiger partial charge in [-0.15, -0.1) is 5.10 Å². The van der Waals surface area contributed by atoms with Crippen LogP contribution in [0.4, 0.5) is 4.39 Å². The Morgan fingerprint density at radius 1 is 1.31 bits per heavy atom. The van der Waals surface area contributed by atoms with Crippen molar-refractivity contribution in [3.8, 4) is 0 Å². The van der Waals surface area contributed by atoms with E-state index in [0.29, 0.717) is 5.56 Å². The summed E-state index contributed by atoms with van der Waals surface area (Å²) >= 11 is 0. The molecule has 0 spiro atoms. The molecule has 0 saturated heterocycles.